The summed E-state index contributed by atoms with van der Waals surface area (Å²) in [5.41, 5.74) is 3.22. The van der Waals surface area contributed by atoms with Gasteiger partial charge in [-0.15, -0.1) is 11.3 Å². The molecule has 3 rings (SSSR count). The van der Waals surface area contributed by atoms with E-state index in [0.717, 1.165) is 30.6 Å². The fourth-order valence-electron chi connectivity index (χ4n) is 2.87. The summed E-state index contributed by atoms with van der Waals surface area (Å²) in [6.45, 7) is 3.51. The van der Waals surface area contributed by atoms with Crippen molar-refractivity contribution in [2.45, 2.75) is 25.9 Å². The lowest BCUT2D eigenvalue weighted by molar-refractivity contribution is -0.144. The summed E-state index contributed by atoms with van der Waals surface area (Å²) >= 11 is 1.77. The molecule has 0 saturated carbocycles. The maximum absolute atomic E-state index is 11.8. The second-order valence-electron chi connectivity index (χ2n) is 5.19. The van der Waals surface area contributed by atoms with Crippen LogP contribution in [0.15, 0.2) is 35.7 Å². The molecule has 0 unspecified atom stereocenters. The highest BCUT2D eigenvalue weighted by Gasteiger charge is 2.31. The quantitative estimate of drug-likeness (QED) is 0.942. The second kappa shape index (κ2) is 5.38. The van der Waals surface area contributed by atoms with Crippen molar-refractivity contribution in [1.82, 2.24) is 4.90 Å². The molecule has 1 N–H and O–H groups in total. The van der Waals surface area contributed by atoms with Crippen LogP contribution < -0.4 is 0 Å². The van der Waals surface area contributed by atoms with Crippen molar-refractivity contribution in [1.29, 1.82) is 0 Å². The number of rotatable bonds is 3. The molecule has 4 heteroatoms. The van der Waals surface area contributed by atoms with Crippen LogP contribution in [-0.2, 0) is 17.8 Å². The maximum atomic E-state index is 11.8. The molecule has 0 saturated heterocycles. The molecule has 2 aromatic rings. The average Bonchev–Trinajstić information content (AvgIpc) is 2.88. The smallest absolute Gasteiger partial charge is 0.325 e. The van der Waals surface area contributed by atoms with E-state index in [2.05, 4.69) is 16.3 Å². The Labute approximate surface area is 122 Å². The van der Waals surface area contributed by atoms with E-state index in [1.54, 1.807) is 11.3 Å². The van der Waals surface area contributed by atoms with Gasteiger partial charge in [0.1, 0.15) is 6.04 Å². The molecule has 0 bridgehead atoms. The number of carbonyl (C=O) groups is 1. The SMILES string of the molecule is Cc1ccccc1[C@@H](C(=O)O)N1CCc2sccc2C1. The minimum atomic E-state index is -0.766. The molecule has 1 aliphatic rings. The van der Waals surface area contributed by atoms with Crippen molar-refractivity contribution in [3.05, 3.63) is 57.3 Å². The lowest BCUT2D eigenvalue weighted by atomic mass is 9.97. The predicted octanol–water partition coefficient (Wildman–Crippen LogP) is 3.24. The Hall–Kier alpha value is -1.65. The molecular weight excluding hydrogens is 270 g/mol. The van der Waals surface area contributed by atoms with Crippen LogP contribution in [0.4, 0.5) is 0 Å². The number of carboxylic acids is 1. The fraction of sp³-hybridized carbons (Fsp3) is 0.312. The largest absolute Gasteiger partial charge is 0.480 e. The third-order valence-electron chi connectivity index (χ3n) is 3.92. The van der Waals surface area contributed by atoms with Crippen LogP contribution in [0.3, 0.4) is 0 Å². The van der Waals surface area contributed by atoms with E-state index in [1.807, 2.05) is 31.2 Å². The number of hydrogen-bond donors (Lipinski definition) is 1. The molecule has 1 atom stereocenters. The summed E-state index contributed by atoms with van der Waals surface area (Å²) in [5, 5.41) is 11.8. The van der Waals surface area contributed by atoms with Crippen LogP contribution in [0, 0.1) is 6.92 Å². The third-order valence-corrected chi connectivity index (χ3v) is 4.94. The molecule has 1 aromatic carbocycles. The summed E-state index contributed by atoms with van der Waals surface area (Å²) in [6.07, 6.45) is 0.947. The zero-order chi connectivity index (χ0) is 14.1. The molecule has 0 spiro atoms. The Kier molecular flexibility index (Phi) is 3.59. The molecule has 0 aliphatic carbocycles. The zero-order valence-electron chi connectivity index (χ0n) is 11.4. The first kappa shape index (κ1) is 13.3. The van der Waals surface area contributed by atoms with Crippen LogP contribution >= 0.6 is 11.3 Å². The van der Waals surface area contributed by atoms with Gasteiger partial charge in [-0.25, -0.2) is 0 Å². The minimum Gasteiger partial charge on any atom is -0.480 e. The van der Waals surface area contributed by atoms with Crippen molar-refractivity contribution < 1.29 is 9.90 Å². The number of hydrogen-bond acceptors (Lipinski definition) is 3. The van der Waals surface area contributed by atoms with Gasteiger partial charge in [0.2, 0.25) is 0 Å². The van der Waals surface area contributed by atoms with Crippen molar-refractivity contribution >= 4 is 17.3 Å². The maximum Gasteiger partial charge on any atom is 0.325 e. The van der Waals surface area contributed by atoms with Gasteiger partial charge in [-0.2, -0.15) is 0 Å². The Morgan fingerprint density at radius 1 is 1.35 bits per heavy atom. The molecular formula is C16H17NO2S. The van der Waals surface area contributed by atoms with Gasteiger partial charge in [0.25, 0.3) is 0 Å². The van der Waals surface area contributed by atoms with E-state index in [4.69, 9.17) is 0 Å². The van der Waals surface area contributed by atoms with Gasteiger partial charge in [-0.3, -0.25) is 9.69 Å². The van der Waals surface area contributed by atoms with Crippen molar-refractivity contribution in [2.75, 3.05) is 6.54 Å². The summed E-state index contributed by atoms with van der Waals surface area (Å²) in [4.78, 5) is 15.2. The van der Waals surface area contributed by atoms with Crippen molar-refractivity contribution in [2.24, 2.45) is 0 Å². The molecule has 0 amide bonds. The number of benzene rings is 1. The molecule has 1 aromatic heterocycles. The highest BCUT2D eigenvalue weighted by Crippen LogP contribution is 2.31. The molecule has 0 fully saturated rings. The molecule has 2 heterocycles. The van der Waals surface area contributed by atoms with E-state index in [-0.39, 0.29) is 0 Å². The number of aryl methyl sites for hydroxylation is 1. The van der Waals surface area contributed by atoms with Gasteiger partial charge < -0.3 is 5.11 Å². The lowest BCUT2D eigenvalue weighted by Gasteiger charge is -2.33. The van der Waals surface area contributed by atoms with Crippen molar-refractivity contribution in [3.63, 3.8) is 0 Å². The first-order valence-corrected chi connectivity index (χ1v) is 7.62. The lowest BCUT2D eigenvalue weighted by Crippen LogP contribution is -2.37. The Bertz CT molecular complexity index is 635. The summed E-state index contributed by atoms with van der Waals surface area (Å²) < 4.78 is 0. The van der Waals surface area contributed by atoms with E-state index >= 15 is 0 Å². The van der Waals surface area contributed by atoms with Crippen LogP contribution in [0.2, 0.25) is 0 Å². The number of thiophene rings is 1. The average molecular weight is 287 g/mol. The third kappa shape index (κ3) is 2.37. The summed E-state index contributed by atoms with van der Waals surface area (Å²) in [6, 6.07) is 9.33. The number of aliphatic carboxylic acids is 1. The number of nitrogens with zero attached hydrogens (tertiary/aromatic N) is 1. The van der Waals surface area contributed by atoms with Gasteiger partial charge in [0.05, 0.1) is 0 Å². The summed E-state index contributed by atoms with van der Waals surface area (Å²) in [7, 11) is 0. The van der Waals surface area contributed by atoms with Gasteiger partial charge in [-0.1, -0.05) is 24.3 Å². The summed E-state index contributed by atoms with van der Waals surface area (Å²) in [5.74, 6) is -0.766. The topological polar surface area (TPSA) is 40.5 Å². The highest BCUT2D eigenvalue weighted by molar-refractivity contribution is 7.10. The van der Waals surface area contributed by atoms with Crippen molar-refractivity contribution in [3.8, 4) is 0 Å². The Balaban J connectivity index is 1.93. The van der Waals surface area contributed by atoms with E-state index in [9.17, 15) is 9.90 Å². The van der Waals surface area contributed by atoms with Gasteiger partial charge in [0, 0.05) is 18.0 Å². The highest BCUT2D eigenvalue weighted by atomic mass is 32.1. The monoisotopic (exact) mass is 287 g/mol. The molecule has 20 heavy (non-hydrogen) atoms. The fourth-order valence-corrected chi connectivity index (χ4v) is 3.76. The second-order valence-corrected chi connectivity index (χ2v) is 6.19. The molecule has 3 nitrogen and oxygen atoms in total. The van der Waals surface area contributed by atoms with E-state index in [0.29, 0.717) is 0 Å². The molecule has 0 radical (unpaired) electrons. The first-order valence-electron chi connectivity index (χ1n) is 6.74. The van der Waals surface area contributed by atoms with Crippen LogP contribution in [0.1, 0.15) is 27.6 Å². The van der Waals surface area contributed by atoms with E-state index in [1.165, 1.54) is 10.4 Å². The van der Waals surface area contributed by atoms with Crippen LogP contribution in [0.25, 0.3) is 0 Å². The normalized spacial score (nSPS) is 16.6. The number of fused-ring (bicyclic) bond motifs is 1. The van der Waals surface area contributed by atoms with Gasteiger partial charge in [0.15, 0.2) is 0 Å². The zero-order valence-corrected chi connectivity index (χ0v) is 12.2. The molecule has 1 aliphatic heterocycles. The van der Waals surface area contributed by atoms with Crippen LogP contribution in [-0.4, -0.2) is 22.5 Å². The van der Waals surface area contributed by atoms with Gasteiger partial charge in [-0.05, 0) is 41.5 Å². The molecule has 104 valence electrons. The number of carboxylic acid groups (broad SMARTS) is 1. The van der Waals surface area contributed by atoms with E-state index < -0.39 is 12.0 Å². The Morgan fingerprint density at radius 2 is 2.15 bits per heavy atom. The standard InChI is InChI=1S/C16H17NO2S/c1-11-4-2-3-5-13(11)15(16(18)19)17-8-6-14-12(10-17)7-9-20-14/h2-5,7,9,15H,6,8,10H2,1H3,(H,18,19)/t15-/m0/s1. The first-order chi connectivity index (χ1) is 9.66. The minimum absolute atomic E-state index is 0.552. The van der Waals surface area contributed by atoms with Crippen LogP contribution in [0.5, 0.6) is 0 Å². The predicted molar refractivity (Wildman–Crippen MR) is 80.0 cm³/mol. The Morgan fingerprint density at radius 3 is 2.90 bits per heavy atom. The van der Waals surface area contributed by atoms with Gasteiger partial charge >= 0.3 is 5.97 Å².